The minimum absolute atomic E-state index is 0.471. The maximum Gasteiger partial charge on any atom is -0.000732 e. The molecule has 0 N–H and O–H groups in total. The fourth-order valence-electron chi connectivity index (χ4n) is 1.23. The maximum atomic E-state index is 3.65. The second kappa shape index (κ2) is 4.66. The Kier molecular flexibility index (Phi) is 3.51. The van der Waals surface area contributed by atoms with Gasteiger partial charge in [-0.2, -0.15) is 0 Å². The Labute approximate surface area is 80.6 Å². The molecule has 0 aliphatic rings. The van der Waals surface area contributed by atoms with Crippen LogP contribution in [0.4, 0.5) is 0 Å². The molecule has 0 saturated heterocycles. The predicted molar refractivity (Wildman–Crippen MR) is 58.9 cm³/mol. The maximum absolute atomic E-state index is 3.65. The van der Waals surface area contributed by atoms with Gasteiger partial charge in [-0.1, -0.05) is 61.6 Å². The summed E-state index contributed by atoms with van der Waals surface area (Å²) in [6.45, 7) is 7.94. The van der Waals surface area contributed by atoms with Crippen molar-refractivity contribution in [1.29, 1.82) is 0 Å². The van der Waals surface area contributed by atoms with Crippen molar-refractivity contribution in [2.45, 2.75) is 19.8 Å². The predicted octanol–water partition coefficient (Wildman–Crippen LogP) is 3.84. The van der Waals surface area contributed by atoms with E-state index in [2.05, 4.69) is 50.8 Å². The zero-order valence-corrected chi connectivity index (χ0v) is 8.33. The highest BCUT2D eigenvalue weighted by Crippen LogP contribution is 2.16. The van der Waals surface area contributed by atoms with Crippen LogP contribution in [0.3, 0.4) is 0 Å². The molecule has 68 valence electrons. The quantitative estimate of drug-likeness (QED) is 0.608. The van der Waals surface area contributed by atoms with Crippen LogP contribution in [0.15, 0.2) is 49.1 Å². The van der Waals surface area contributed by atoms with Crippen molar-refractivity contribution in [3.63, 3.8) is 0 Å². The average Bonchev–Trinajstić information content (AvgIpc) is 2.15. The van der Waals surface area contributed by atoms with Gasteiger partial charge < -0.3 is 0 Å². The molecule has 0 nitrogen and oxygen atoms in total. The topological polar surface area (TPSA) is 0 Å². The molecule has 1 aromatic carbocycles. The van der Waals surface area contributed by atoms with Crippen LogP contribution in [0.2, 0.25) is 0 Å². The molecule has 1 atom stereocenters. The Morgan fingerprint density at radius 2 is 1.85 bits per heavy atom. The van der Waals surface area contributed by atoms with Crippen molar-refractivity contribution in [1.82, 2.24) is 0 Å². The number of aryl methyl sites for hydroxylation is 1. The van der Waals surface area contributed by atoms with E-state index in [4.69, 9.17) is 0 Å². The summed E-state index contributed by atoms with van der Waals surface area (Å²) >= 11 is 0. The van der Waals surface area contributed by atoms with Crippen molar-refractivity contribution in [3.05, 3.63) is 60.2 Å². The molecule has 0 aromatic heterocycles. The van der Waals surface area contributed by atoms with Gasteiger partial charge in [0, 0.05) is 0 Å². The Morgan fingerprint density at radius 3 is 2.38 bits per heavy atom. The Morgan fingerprint density at radius 1 is 1.23 bits per heavy atom. The van der Waals surface area contributed by atoms with Crippen molar-refractivity contribution >= 4 is 0 Å². The monoisotopic (exact) mass is 172 g/mol. The van der Waals surface area contributed by atoms with E-state index in [0.717, 1.165) is 0 Å². The molecule has 0 aliphatic heterocycles. The number of allylic oxidation sites excluding steroid dienone is 3. The lowest BCUT2D eigenvalue weighted by Gasteiger charge is -2.06. The van der Waals surface area contributed by atoms with Crippen LogP contribution in [0.5, 0.6) is 0 Å². The summed E-state index contributed by atoms with van der Waals surface area (Å²) in [5, 5.41) is 0. The van der Waals surface area contributed by atoms with Crippen LogP contribution in [0.1, 0.15) is 24.0 Å². The SMILES string of the molecule is C=C/C=C\C(C)c1ccc(C)cc1. The first-order valence-electron chi connectivity index (χ1n) is 4.60. The number of rotatable bonds is 3. The fraction of sp³-hybridized carbons (Fsp3) is 0.231. The molecule has 1 rings (SSSR count). The van der Waals surface area contributed by atoms with E-state index in [9.17, 15) is 0 Å². The molecular weight excluding hydrogens is 156 g/mol. The molecule has 0 heteroatoms. The molecule has 0 spiro atoms. The molecule has 0 aliphatic carbocycles. The molecule has 0 amide bonds. The van der Waals surface area contributed by atoms with Crippen molar-refractivity contribution in [2.75, 3.05) is 0 Å². The number of hydrogen-bond acceptors (Lipinski definition) is 0. The standard InChI is InChI=1S/C13H16/c1-4-5-6-12(3)13-9-7-11(2)8-10-13/h4-10,12H,1H2,2-3H3/b6-5-. The van der Waals surface area contributed by atoms with Crippen LogP contribution in [-0.2, 0) is 0 Å². The number of benzene rings is 1. The minimum Gasteiger partial charge on any atom is -0.0991 e. The highest BCUT2D eigenvalue weighted by Gasteiger charge is 1.98. The van der Waals surface area contributed by atoms with Crippen LogP contribution in [-0.4, -0.2) is 0 Å². The highest BCUT2D eigenvalue weighted by atomic mass is 14.0. The summed E-state index contributed by atoms with van der Waals surface area (Å²) in [5.41, 5.74) is 2.66. The third-order valence-electron chi connectivity index (χ3n) is 2.14. The fourth-order valence-corrected chi connectivity index (χ4v) is 1.23. The first-order chi connectivity index (χ1) is 6.24. The van der Waals surface area contributed by atoms with Crippen LogP contribution < -0.4 is 0 Å². The van der Waals surface area contributed by atoms with Gasteiger partial charge in [0.1, 0.15) is 0 Å². The molecule has 1 unspecified atom stereocenters. The normalized spacial score (nSPS) is 13.1. The third kappa shape index (κ3) is 2.90. The Hall–Kier alpha value is -1.30. The zero-order chi connectivity index (χ0) is 9.68. The smallest absolute Gasteiger partial charge is 0.000732 e. The van der Waals surface area contributed by atoms with E-state index in [1.807, 2.05) is 12.2 Å². The van der Waals surface area contributed by atoms with Gasteiger partial charge in [-0.15, -0.1) is 0 Å². The summed E-state index contributed by atoms with van der Waals surface area (Å²) in [6.07, 6.45) is 5.95. The van der Waals surface area contributed by atoms with Gasteiger partial charge in [0.25, 0.3) is 0 Å². The molecule has 0 bridgehead atoms. The first-order valence-corrected chi connectivity index (χ1v) is 4.60. The lowest BCUT2D eigenvalue weighted by molar-refractivity contribution is 0.966. The molecule has 0 radical (unpaired) electrons. The van der Waals surface area contributed by atoms with Gasteiger partial charge in [0.05, 0.1) is 0 Å². The van der Waals surface area contributed by atoms with Crippen molar-refractivity contribution in [2.24, 2.45) is 0 Å². The van der Waals surface area contributed by atoms with Gasteiger partial charge in [-0.25, -0.2) is 0 Å². The zero-order valence-electron chi connectivity index (χ0n) is 8.33. The lowest BCUT2D eigenvalue weighted by Crippen LogP contribution is -1.88. The molecule has 1 aromatic rings. The largest absolute Gasteiger partial charge is 0.0991 e. The van der Waals surface area contributed by atoms with E-state index < -0.39 is 0 Å². The van der Waals surface area contributed by atoms with E-state index in [1.54, 1.807) is 0 Å². The van der Waals surface area contributed by atoms with Crippen LogP contribution >= 0.6 is 0 Å². The van der Waals surface area contributed by atoms with Gasteiger partial charge in [0.2, 0.25) is 0 Å². The summed E-state index contributed by atoms with van der Waals surface area (Å²) in [7, 11) is 0. The van der Waals surface area contributed by atoms with E-state index in [0.29, 0.717) is 5.92 Å². The van der Waals surface area contributed by atoms with Gasteiger partial charge in [-0.05, 0) is 18.4 Å². The molecule has 13 heavy (non-hydrogen) atoms. The van der Waals surface area contributed by atoms with Crippen LogP contribution in [0, 0.1) is 6.92 Å². The summed E-state index contributed by atoms with van der Waals surface area (Å²) in [5.74, 6) is 0.471. The van der Waals surface area contributed by atoms with Gasteiger partial charge in [-0.3, -0.25) is 0 Å². The molecule has 0 heterocycles. The molecule has 0 fully saturated rings. The van der Waals surface area contributed by atoms with E-state index in [-0.39, 0.29) is 0 Å². The summed E-state index contributed by atoms with van der Waals surface area (Å²) < 4.78 is 0. The second-order valence-electron chi connectivity index (χ2n) is 3.32. The van der Waals surface area contributed by atoms with Gasteiger partial charge in [0.15, 0.2) is 0 Å². The van der Waals surface area contributed by atoms with Crippen molar-refractivity contribution in [3.8, 4) is 0 Å². The van der Waals surface area contributed by atoms with Crippen LogP contribution in [0.25, 0.3) is 0 Å². The number of hydrogen-bond donors (Lipinski definition) is 0. The Bertz CT molecular complexity index is 290. The second-order valence-corrected chi connectivity index (χ2v) is 3.32. The third-order valence-corrected chi connectivity index (χ3v) is 2.14. The lowest BCUT2D eigenvalue weighted by atomic mass is 10.00. The molecule has 0 saturated carbocycles. The minimum atomic E-state index is 0.471. The van der Waals surface area contributed by atoms with Gasteiger partial charge >= 0.3 is 0 Å². The summed E-state index contributed by atoms with van der Waals surface area (Å²) in [4.78, 5) is 0. The van der Waals surface area contributed by atoms with E-state index >= 15 is 0 Å². The first kappa shape index (κ1) is 9.79. The summed E-state index contributed by atoms with van der Waals surface area (Å²) in [6, 6.07) is 8.64. The van der Waals surface area contributed by atoms with E-state index in [1.165, 1.54) is 11.1 Å². The highest BCUT2D eigenvalue weighted by molar-refractivity contribution is 5.27. The van der Waals surface area contributed by atoms with Crippen molar-refractivity contribution < 1.29 is 0 Å². The average molecular weight is 172 g/mol. The Balaban J connectivity index is 2.77. The molecular formula is C13H16.